The minimum atomic E-state index is -3.93. The highest BCUT2D eigenvalue weighted by molar-refractivity contribution is 7.92. The molecule has 1 heterocycles. The molecule has 3 aromatic carbocycles. The van der Waals surface area contributed by atoms with Gasteiger partial charge >= 0.3 is 0 Å². The minimum Gasteiger partial charge on any atom is -0.485 e. The highest BCUT2D eigenvalue weighted by Gasteiger charge is 2.34. The van der Waals surface area contributed by atoms with E-state index in [1.54, 1.807) is 37.3 Å². The number of nitrogens with zero attached hydrogens (tertiary/aromatic N) is 1. The van der Waals surface area contributed by atoms with Crippen LogP contribution >= 0.6 is 0 Å². The molecule has 0 aromatic heterocycles. The van der Waals surface area contributed by atoms with E-state index < -0.39 is 27.8 Å². The number of fused-ring (bicyclic) bond motifs is 1. The molecule has 1 aliphatic rings. The second-order valence-corrected chi connectivity index (χ2v) is 9.00. The Balaban J connectivity index is 1.87. The molecular weight excluding hydrogens is 410 g/mol. The Hall–Kier alpha value is -2.97. The first-order valence-corrected chi connectivity index (χ1v) is 10.8. The van der Waals surface area contributed by atoms with Gasteiger partial charge in [0.05, 0.1) is 17.1 Å². The molecule has 3 aromatic rings. The number of hydrogen-bond donors (Lipinski definition) is 1. The van der Waals surface area contributed by atoms with Crippen LogP contribution in [0.25, 0.3) is 11.1 Å². The molecule has 156 valence electrons. The third-order valence-corrected chi connectivity index (χ3v) is 6.75. The van der Waals surface area contributed by atoms with E-state index in [0.29, 0.717) is 11.3 Å². The monoisotopic (exact) mass is 430 g/mol. The maximum Gasteiger partial charge on any atom is 0.264 e. The van der Waals surface area contributed by atoms with E-state index >= 15 is 0 Å². The van der Waals surface area contributed by atoms with Crippen molar-refractivity contribution in [2.24, 2.45) is 5.73 Å². The number of anilines is 1. The third-order valence-electron chi connectivity index (χ3n) is 4.97. The van der Waals surface area contributed by atoms with Crippen molar-refractivity contribution in [3.63, 3.8) is 0 Å². The Kier molecular flexibility index (Phi) is 5.21. The fourth-order valence-corrected chi connectivity index (χ4v) is 5.06. The molecule has 0 amide bonds. The number of rotatable bonds is 4. The maximum absolute atomic E-state index is 14.3. The summed E-state index contributed by atoms with van der Waals surface area (Å²) >= 11 is 0. The number of sulfonamides is 1. The Morgan fingerprint density at radius 2 is 1.90 bits per heavy atom. The molecule has 0 radical (unpaired) electrons. The molecular formula is C22H20F2N2O3S. The van der Waals surface area contributed by atoms with Crippen molar-refractivity contribution < 1.29 is 21.9 Å². The molecule has 0 saturated carbocycles. The van der Waals surface area contributed by atoms with Crippen LogP contribution in [0.3, 0.4) is 0 Å². The number of hydrogen-bond acceptors (Lipinski definition) is 4. The first-order valence-electron chi connectivity index (χ1n) is 9.35. The average Bonchev–Trinajstić information content (AvgIpc) is 2.74. The van der Waals surface area contributed by atoms with Crippen molar-refractivity contribution in [2.45, 2.75) is 17.9 Å². The Morgan fingerprint density at radius 1 is 1.10 bits per heavy atom. The predicted octanol–water partition coefficient (Wildman–Crippen LogP) is 3.86. The number of halogens is 2. The van der Waals surface area contributed by atoms with Crippen molar-refractivity contribution >= 4 is 15.7 Å². The summed E-state index contributed by atoms with van der Waals surface area (Å²) in [5.74, 6) is -0.887. The lowest BCUT2D eigenvalue weighted by molar-refractivity contribution is 0.208. The van der Waals surface area contributed by atoms with Crippen LogP contribution in [-0.4, -0.2) is 27.6 Å². The van der Waals surface area contributed by atoms with Crippen LogP contribution < -0.4 is 14.8 Å². The van der Waals surface area contributed by atoms with Crippen LogP contribution in [0.5, 0.6) is 5.75 Å². The molecule has 5 nitrogen and oxygen atoms in total. The molecule has 0 spiro atoms. The molecule has 30 heavy (non-hydrogen) atoms. The second-order valence-electron chi connectivity index (χ2n) is 7.13. The van der Waals surface area contributed by atoms with Crippen molar-refractivity contribution in [3.05, 3.63) is 77.9 Å². The highest BCUT2D eigenvalue weighted by Crippen LogP contribution is 2.40. The highest BCUT2D eigenvalue weighted by atomic mass is 32.2. The third kappa shape index (κ3) is 3.64. The van der Waals surface area contributed by atoms with Gasteiger partial charge in [0.25, 0.3) is 10.0 Å². The van der Waals surface area contributed by atoms with Gasteiger partial charge in [-0.3, -0.25) is 4.31 Å². The van der Waals surface area contributed by atoms with Crippen LogP contribution in [0.4, 0.5) is 14.5 Å². The molecule has 0 fully saturated rings. The number of nitrogens with two attached hydrogens (primary N) is 1. The SMILES string of the molecule is Cc1cccc(S(=O)(=O)N2C[C@H](CN)Oc3ccc(-c4cc(F)ccc4F)cc32)c1. The lowest BCUT2D eigenvalue weighted by Crippen LogP contribution is -2.46. The van der Waals surface area contributed by atoms with Gasteiger partial charge in [0.15, 0.2) is 0 Å². The van der Waals surface area contributed by atoms with E-state index in [0.717, 1.165) is 23.8 Å². The van der Waals surface area contributed by atoms with Gasteiger partial charge in [-0.25, -0.2) is 17.2 Å². The predicted molar refractivity (Wildman–Crippen MR) is 111 cm³/mol. The van der Waals surface area contributed by atoms with Crippen LogP contribution in [0, 0.1) is 18.6 Å². The van der Waals surface area contributed by atoms with Gasteiger partial charge < -0.3 is 10.5 Å². The summed E-state index contributed by atoms with van der Waals surface area (Å²) in [6.07, 6.45) is -0.533. The number of aryl methyl sites for hydroxylation is 1. The largest absolute Gasteiger partial charge is 0.485 e. The summed E-state index contributed by atoms with van der Waals surface area (Å²) in [5, 5.41) is 0. The van der Waals surface area contributed by atoms with E-state index in [2.05, 4.69) is 0 Å². The summed E-state index contributed by atoms with van der Waals surface area (Å²) < 4.78 is 61.9. The van der Waals surface area contributed by atoms with Gasteiger partial charge in [-0.1, -0.05) is 18.2 Å². The molecule has 2 N–H and O–H groups in total. The van der Waals surface area contributed by atoms with Gasteiger partial charge in [0.2, 0.25) is 0 Å². The zero-order valence-electron chi connectivity index (χ0n) is 16.2. The van der Waals surface area contributed by atoms with Gasteiger partial charge in [0.1, 0.15) is 23.5 Å². The van der Waals surface area contributed by atoms with Crippen LogP contribution in [0.2, 0.25) is 0 Å². The molecule has 8 heteroatoms. The first-order chi connectivity index (χ1) is 14.3. The quantitative estimate of drug-likeness (QED) is 0.682. The van der Waals surface area contributed by atoms with Crippen LogP contribution in [0.15, 0.2) is 65.6 Å². The lowest BCUT2D eigenvalue weighted by atomic mass is 10.0. The van der Waals surface area contributed by atoms with E-state index in [1.165, 1.54) is 16.4 Å². The minimum absolute atomic E-state index is 0.00879. The van der Waals surface area contributed by atoms with Gasteiger partial charge in [-0.05, 0) is 60.5 Å². The molecule has 0 unspecified atom stereocenters. The average molecular weight is 430 g/mol. The summed E-state index contributed by atoms with van der Waals surface area (Å²) in [4.78, 5) is 0.133. The lowest BCUT2D eigenvalue weighted by Gasteiger charge is -2.35. The fraction of sp³-hybridized carbons (Fsp3) is 0.182. The van der Waals surface area contributed by atoms with Crippen LogP contribution in [-0.2, 0) is 10.0 Å². The van der Waals surface area contributed by atoms with E-state index in [-0.39, 0.29) is 29.2 Å². The molecule has 0 bridgehead atoms. The van der Waals surface area contributed by atoms with Gasteiger partial charge in [-0.2, -0.15) is 0 Å². The molecule has 0 aliphatic carbocycles. The normalized spacial score (nSPS) is 16.1. The second kappa shape index (κ2) is 7.70. The van der Waals surface area contributed by atoms with Gasteiger partial charge in [0, 0.05) is 12.1 Å². The Labute approximate surface area is 173 Å². The Bertz CT molecular complexity index is 1210. The maximum atomic E-state index is 14.3. The van der Waals surface area contributed by atoms with E-state index in [9.17, 15) is 17.2 Å². The first kappa shape index (κ1) is 20.3. The molecule has 4 rings (SSSR count). The summed E-state index contributed by atoms with van der Waals surface area (Å²) in [6, 6.07) is 14.3. The van der Waals surface area contributed by atoms with E-state index in [1.807, 2.05) is 0 Å². The molecule has 0 saturated heterocycles. The topological polar surface area (TPSA) is 72.6 Å². The molecule has 1 aliphatic heterocycles. The molecule has 1 atom stereocenters. The van der Waals surface area contributed by atoms with Crippen molar-refractivity contribution in [2.75, 3.05) is 17.4 Å². The van der Waals surface area contributed by atoms with E-state index in [4.69, 9.17) is 10.5 Å². The van der Waals surface area contributed by atoms with Gasteiger partial charge in [-0.15, -0.1) is 0 Å². The van der Waals surface area contributed by atoms with Crippen molar-refractivity contribution in [1.29, 1.82) is 0 Å². The zero-order valence-corrected chi connectivity index (χ0v) is 17.0. The standard InChI is InChI=1S/C22H20F2N2O3S/c1-14-3-2-4-18(9-14)30(27,28)26-13-17(12-25)29-22-8-5-15(10-21(22)26)19-11-16(23)6-7-20(19)24/h2-11,17H,12-13,25H2,1H3/t17-/m0/s1. The fourth-order valence-electron chi connectivity index (χ4n) is 3.45. The van der Waals surface area contributed by atoms with Crippen molar-refractivity contribution in [3.8, 4) is 16.9 Å². The van der Waals surface area contributed by atoms with Crippen LogP contribution in [0.1, 0.15) is 5.56 Å². The smallest absolute Gasteiger partial charge is 0.264 e. The summed E-state index contributed by atoms with van der Waals surface area (Å²) in [5.41, 5.74) is 7.17. The number of benzene rings is 3. The van der Waals surface area contributed by atoms with Crippen molar-refractivity contribution in [1.82, 2.24) is 0 Å². The number of ether oxygens (including phenoxy) is 1. The summed E-state index contributed by atoms with van der Waals surface area (Å²) in [7, 11) is -3.93. The Morgan fingerprint density at radius 3 is 2.63 bits per heavy atom. The summed E-state index contributed by atoms with van der Waals surface area (Å²) in [6.45, 7) is 1.94. The zero-order chi connectivity index (χ0) is 21.5.